The number of ketones is 1. The van der Waals surface area contributed by atoms with Gasteiger partial charge in [0, 0.05) is 40.9 Å². The topological polar surface area (TPSA) is 185 Å². The molecule has 0 aliphatic carbocycles. The average molecular weight is 619 g/mol. The zero-order valence-electron chi connectivity index (χ0n) is 24.4. The molecular weight excluding hydrogens is 584 g/mol. The van der Waals surface area contributed by atoms with Gasteiger partial charge in [0.05, 0.1) is 17.4 Å². The number of benzene rings is 2. The molecule has 2 aromatic carbocycles. The number of aromatic carboxylic acids is 1. The van der Waals surface area contributed by atoms with Crippen LogP contribution < -0.4 is 15.6 Å². The second-order valence-corrected chi connectivity index (χ2v) is 10.6. The third kappa shape index (κ3) is 11.3. The zero-order chi connectivity index (χ0) is 32.5. The Hall–Kier alpha value is -4.07. The second-order valence-electron chi connectivity index (χ2n) is 10.1. The molecule has 0 aliphatic rings. The molecule has 0 aliphatic heterocycles. The van der Waals surface area contributed by atoms with Gasteiger partial charge in [-0.05, 0) is 75.7 Å². The lowest BCUT2D eigenvalue weighted by atomic mass is 9.96. The van der Waals surface area contributed by atoms with E-state index in [2.05, 4.69) is 26.1 Å². The van der Waals surface area contributed by atoms with Crippen LogP contribution in [0.5, 0.6) is 5.75 Å². The molecule has 3 aromatic rings. The van der Waals surface area contributed by atoms with Gasteiger partial charge in [0.25, 0.3) is 5.56 Å². The van der Waals surface area contributed by atoms with Gasteiger partial charge in [-0.2, -0.15) is 0 Å². The van der Waals surface area contributed by atoms with Crippen LogP contribution in [0.15, 0.2) is 59.5 Å². The summed E-state index contributed by atoms with van der Waals surface area (Å²) in [5, 5.41) is 39.9. The van der Waals surface area contributed by atoms with Gasteiger partial charge >= 0.3 is 12.1 Å². The van der Waals surface area contributed by atoms with Crippen molar-refractivity contribution in [2.45, 2.75) is 59.3 Å². The van der Waals surface area contributed by atoms with Crippen LogP contribution in [-0.4, -0.2) is 61.0 Å². The van der Waals surface area contributed by atoms with Crippen LogP contribution in [-0.2, 0) is 16.1 Å². The van der Waals surface area contributed by atoms with Crippen LogP contribution in [0, 0.1) is 0 Å². The smallest absolute Gasteiger partial charge is 0.453 e. The van der Waals surface area contributed by atoms with Crippen molar-refractivity contribution in [1.29, 1.82) is 0 Å². The van der Waals surface area contributed by atoms with Gasteiger partial charge in [-0.3, -0.25) is 14.4 Å². The van der Waals surface area contributed by atoms with E-state index in [-0.39, 0.29) is 50.8 Å². The largest absolute Gasteiger partial charge is 0.478 e. The first-order chi connectivity index (χ1) is 19.9. The van der Waals surface area contributed by atoms with Gasteiger partial charge in [0.2, 0.25) is 5.91 Å². The lowest BCUT2D eigenvalue weighted by Crippen LogP contribution is -2.36. The molecule has 232 valence electrons. The number of carbonyl (C=O) groups is 3. The lowest BCUT2D eigenvalue weighted by molar-refractivity contribution is -0.419. The van der Waals surface area contributed by atoms with Gasteiger partial charge in [-0.25, -0.2) is 4.79 Å². The van der Waals surface area contributed by atoms with Gasteiger partial charge < -0.3 is 39.8 Å². The number of nitrogens with zero attached hydrogens (tertiary/aromatic N) is 1. The third-order valence-corrected chi connectivity index (χ3v) is 5.77. The van der Waals surface area contributed by atoms with E-state index in [4.69, 9.17) is 26.2 Å². The van der Waals surface area contributed by atoms with E-state index in [0.717, 1.165) is 23.4 Å². The summed E-state index contributed by atoms with van der Waals surface area (Å²) < 4.78 is 10.9. The van der Waals surface area contributed by atoms with E-state index in [1.165, 1.54) is 42.5 Å². The SMILES string of the molecule is CCC(=O)c1ccc(Cl)cc1-c1cc(=O)n(CC(=O)Nc2ccc(C(=O)O)cc2)cc1OC(O)(O)O.CCOC(C)(C)C. The average Bonchev–Trinajstić information content (AvgIpc) is 2.89. The summed E-state index contributed by atoms with van der Waals surface area (Å²) in [5.74, 6) is -2.54. The van der Waals surface area contributed by atoms with E-state index in [1.54, 1.807) is 6.92 Å². The number of carboxylic acids is 1. The molecule has 43 heavy (non-hydrogen) atoms. The molecule has 0 atom stereocenters. The number of hydrogen-bond acceptors (Lipinski definition) is 9. The summed E-state index contributed by atoms with van der Waals surface area (Å²) in [6.07, 6.45) is -2.55. The summed E-state index contributed by atoms with van der Waals surface area (Å²) in [7, 11) is 0. The summed E-state index contributed by atoms with van der Waals surface area (Å²) >= 11 is 6.07. The summed E-state index contributed by atoms with van der Waals surface area (Å²) in [6.45, 7) is 10.0. The van der Waals surface area contributed by atoms with Crippen molar-refractivity contribution in [3.63, 3.8) is 0 Å². The molecule has 1 aromatic heterocycles. The van der Waals surface area contributed by atoms with E-state index in [0.29, 0.717) is 0 Å². The van der Waals surface area contributed by atoms with Crippen LogP contribution in [0.3, 0.4) is 0 Å². The Kier molecular flexibility index (Phi) is 12.2. The summed E-state index contributed by atoms with van der Waals surface area (Å²) in [5.41, 5.74) is -0.150. The number of ether oxygens (including phenoxy) is 2. The molecule has 0 radical (unpaired) electrons. The van der Waals surface area contributed by atoms with Crippen molar-refractivity contribution < 1.29 is 44.3 Å². The fourth-order valence-corrected chi connectivity index (χ4v) is 3.94. The van der Waals surface area contributed by atoms with Gasteiger partial charge in [0.1, 0.15) is 6.54 Å². The first-order valence-electron chi connectivity index (χ1n) is 13.1. The molecular formula is C30H35ClN2O10. The van der Waals surface area contributed by atoms with Crippen molar-refractivity contribution in [2.24, 2.45) is 0 Å². The van der Waals surface area contributed by atoms with Crippen molar-refractivity contribution in [3.8, 4) is 16.9 Å². The molecule has 0 unspecified atom stereocenters. The standard InChI is InChI=1S/C24H21ClN2O9.C6H14O/c1-2-19(28)16-8-5-14(25)9-17(16)18-10-22(30)27(11-20(18)36-24(33,34)35)12-21(29)26-15-6-3-13(4-7-15)23(31)32;1-5-7-6(2,3)4/h3-11,33-35H,2,12H2,1H3,(H,26,29)(H,31,32);5H2,1-4H3. The van der Waals surface area contributed by atoms with Crippen LogP contribution in [0.2, 0.25) is 5.02 Å². The minimum atomic E-state index is -3.64. The molecule has 1 heterocycles. The molecule has 12 nitrogen and oxygen atoms in total. The molecule has 5 N–H and O–H groups in total. The minimum Gasteiger partial charge on any atom is -0.478 e. The molecule has 0 saturated carbocycles. The highest BCUT2D eigenvalue weighted by molar-refractivity contribution is 6.31. The number of aromatic nitrogens is 1. The first-order valence-corrected chi connectivity index (χ1v) is 13.5. The Morgan fingerprint density at radius 3 is 2.07 bits per heavy atom. The number of pyridine rings is 1. The number of Topliss-reactive ketones (excluding diaryl/α,β-unsaturated/α-hetero) is 1. The highest BCUT2D eigenvalue weighted by Gasteiger charge is 2.26. The highest BCUT2D eigenvalue weighted by Crippen LogP contribution is 2.35. The Labute approximate surface area is 253 Å². The van der Waals surface area contributed by atoms with Gasteiger partial charge in [0.15, 0.2) is 11.5 Å². The van der Waals surface area contributed by atoms with Crippen LogP contribution in [0.25, 0.3) is 11.1 Å². The Bertz CT molecular complexity index is 1500. The number of hydrogen-bond donors (Lipinski definition) is 5. The van der Waals surface area contributed by atoms with E-state index < -0.39 is 35.9 Å². The predicted molar refractivity (Wildman–Crippen MR) is 159 cm³/mol. The number of halogens is 1. The fourth-order valence-electron chi connectivity index (χ4n) is 3.77. The molecule has 0 saturated heterocycles. The highest BCUT2D eigenvalue weighted by atomic mass is 35.5. The third-order valence-electron chi connectivity index (χ3n) is 5.54. The molecule has 1 amide bonds. The van der Waals surface area contributed by atoms with E-state index in [9.17, 15) is 34.5 Å². The number of carbonyl (C=O) groups excluding carboxylic acids is 2. The number of rotatable bonds is 10. The Morgan fingerprint density at radius 1 is 0.953 bits per heavy atom. The molecule has 0 fully saturated rings. The van der Waals surface area contributed by atoms with Crippen LogP contribution in [0.4, 0.5) is 5.69 Å². The predicted octanol–water partition coefficient (Wildman–Crippen LogP) is 3.89. The maximum Gasteiger partial charge on any atom is 0.453 e. The van der Waals surface area contributed by atoms with Crippen molar-refractivity contribution in [2.75, 3.05) is 11.9 Å². The monoisotopic (exact) mass is 618 g/mol. The summed E-state index contributed by atoms with van der Waals surface area (Å²) in [4.78, 5) is 48.7. The minimum absolute atomic E-state index is 0.0176. The Balaban J connectivity index is 0.000000821. The maximum atomic E-state index is 12.8. The van der Waals surface area contributed by atoms with Crippen LogP contribution >= 0.6 is 11.6 Å². The Morgan fingerprint density at radius 2 is 1.58 bits per heavy atom. The fraction of sp³-hybridized carbons (Fsp3) is 0.333. The number of amides is 1. The van der Waals surface area contributed by atoms with Crippen LogP contribution in [0.1, 0.15) is 61.8 Å². The quantitative estimate of drug-likeness (QED) is 0.165. The number of nitrogens with one attached hydrogen (secondary N) is 1. The zero-order valence-corrected chi connectivity index (χ0v) is 25.1. The molecule has 0 bridgehead atoms. The summed E-state index contributed by atoms with van der Waals surface area (Å²) in [6, 6.07) is 10.6. The molecule has 3 rings (SSSR count). The lowest BCUT2D eigenvalue weighted by Gasteiger charge is -2.20. The number of anilines is 1. The number of carboxylic acid groups (broad SMARTS) is 1. The molecule has 0 spiro atoms. The maximum absolute atomic E-state index is 12.8. The first kappa shape index (κ1) is 35.1. The van der Waals surface area contributed by atoms with Crippen molar-refractivity contribution in [3.05, 3.63) is 81.2 Å². The van der Waals surface area contributed by atoms with Gasteiger partial charge in [-0.15, -0.1) is 0 Å². The normalized spacial score (nSPS) is 11.3. The van der Waals surface area contributed by atoms with Crippen molar-refractivity contribution in [1.82, 2.24) is 4.57 Å². The number of aliphatic hydroxyl groups is 3. The van der Waals surface area contributed by atoms with Gasteiger partial charge in [-0.1, -0.05) is 18.5 Å². The second kappa shape index (κ2) is 14.9. The van der Waals surface area contributed by atoms with E-state index in [1.807, 2.05) is 6.92 Å². The van der Waals surface area contributed by atoms with Crippen molar-refractivity contribution >= 4 is 34.9 Å². The van der Waals surface area contributed by atoms with E-state index >= 15 is 0 Å². The molecule has 13 heteroatoms.